The van der Waals surface area contributed by atoms with Crippen LogP contribution >= 0.6 is 11.6 Å². The Bertz CT molecular complexity index is 989. The van der Waals surface area contributed by atoms with Gasteiger partial charge in [0, 0.05) is 30.4 Å². The van der Waals surface area contributed by atoms with Gasteiger partial charge in [-0.2, -0.15) is 0 Å². The molecule has 2 rings (SSSR count). The average Bonchev–Trinajstić information content (AvgIpc) is 2.61. The molecule has 2 aromatic rings. The Kier molecular flexibility index (Phi) is 6.69. The van der Waals surface area contributed by atoms with Crippen LogP contribution in [-0.4, -0.2) is 52.0 Å². The minimum atomic E-state index is -3.72. The number of halogens is 1. The van der Waals surface area contributed by atoms with Gasteiger partial charge in [0.1, 0.15) is 6.54 Å². The number of nitrogens with one attached hydrogen (secondary N) is 1. The number of benzene rings is 2. The van der Waals surface area contributed by atoms with Gasteiger partial charge in [-0.3, -0.25) is 13.9 Å². The van der Waals surface area contributed by atoms with Gasteiger partial charge in [-0.05, 0) is 48.9 Å². The summed E-state index contributed by atoms with van der Waals surface area (Å²) in [6.07, 6.45) is 1.02. The molecule has 0 aromatic heterocycles. The van der Waals surface area contributed by atoms with Crippen LogP contribution in [0.4, 0.5) is 11.4 Å². The summed E-state index contributed by atoms with van der Waals surface area (Å²) in [7, 11) is -0.467. The minimum absolute atomic E-state index is 0.202. The molecule has 0 aliphatic rings. The lowest BCUT2D eigenvalue weighted by molar-refractivity contribution is -0.114. The number of anilines is 2. The van der Waals surface area contributed by atoms with E-state index in [4.69, 9.17) is 11.6 Å². The fraction of sp³-hybridized carbons (Fsp3) is 0.263. The van der Waals surface area contributed by atoms with Gasteiger partial charge in [-0.1, -0.05) is 17.7 Å². The molecule has 0 heterocycles. The van der Waals surface area contributed by atoms with Gasteiger partial charge in [0.25, 0.3) is 5.91 Å². The topological polar surface area (TPSA) is 86.8 Å². The molecule has 0 radical (unpaired) electrons. The lowest BCUT2D eigenvalue weighted by atomic mass is 10.2. The Labute approximate surface area is 169 Å². The average molecular weight is 424 g/mol. The van der Waals surface area contributed by atoms with Crippen molar-refractivity contribution < 1.29 is 18.0 Å². The van der Waals surface area contributed by atoms with E-state index in [9.17, 15) is 18.0 Å². The number of hydrogen-bond donors (Lipinski definition) is 1. The third-order valence-electron chi connectivity index (χ3n) is 3.95. The van der Waals surface area contributed by atoms with E-state index in [1.165, 1.54) is 29.2 Å². The van der Waals surface area contributed by atoms with Crippen LogP contribution in [0.15, 0.2) is 42.5 Å². The molecule has 0 bridgehead atoms. The molecule has 0 unspecified atom stereocenters. The summed E-state index contributed by atoms with van der Waals surface area (Å²) >= 11 is 6.05. The summed E-state index contributed by atoms with van der Waals surface area (Å²) in [6, 6.07) is 11.1. The highest BCUT2D eigenvalue weighted by Gasteiger charge is 2.21. The molecule has 28 heavy (non-hydrogen) atoms. The Morgan fingerprint density at radius 2 is 1.68 bits per heavy atom. The van der Waals surface area contributed by atoms with E-state index in [2.05, 4.69) is 5.32 Å². The molecule has 2 aromatic carbocycles. The van der Waals surface area contributed by atoms with Crippen molar-refractivity contribution in [3.8, 4) is 0 Å². The molecule has 0 aliphatic heterocycles. The number of carbonyl (C=O) groups excluding carboxylic acids is 2. The molecule has 0 atom stereocenters. The first kappa shape index (κ1) is 21.7. The number of carbonyl (C=O) groups is 2. The molecule has 1 N–H and O–H groups in total. The van der Waals surface area contributed by atoms with E-state index >= 15 is 0 Å². The second-order valence-electron chi connectivity index (χ2n) is 6.53. The van der Waals surface area contributed by atoms with Crippen molar-refractivity contribution >= 4 is 44.8 Å². The number of hydrogen-bond acceptors (Lipinski definition) is 4. The monoisotopic (exact) mass is 423 g/mol. The third-order valence-corrected chi connectivity index (χ3v) is 5.50. The molecule has 150 valence electrons. The lowest BCUT2D eigenvalue weighted by Crippen LogP contribution is -2.37. The van der Waals surface area contributed by atoms with Crippen LogP contribution in [0.1, 0.15) is 15.9 Å². The quantitative estimate of drug-likeness (QED) is 0.773. The highest BCUT2D eigenvalue weighted by molar-refractivity contribution is 7.92. The van der Waals surface area contributed by atoms with Gasteiger partial charge >= 0.3 is 0 Å². The van der Waals surface area contributed by atoms with Gasteiger partial charge in [-0.25, -0.2) is 8.42 Å². The molecule has 0 spiro atoms. The molecular weight excluding hydrogens is 402 g/mol. The van der Waals surface area contributed by atoms with Gasteiger partial charge < -0.3 is 10.2 Å². The number of amides is 2. The molecule has 9 heteroatoms. The second kappa shape index (κ2) is 8.62. The predicted molar refractivity (Wildman–Crippen MR) is 111 cm³/mol. The van der Waals surface area contributed by atoms with Gasteiger partial charge in [0.15, 0.2) is 0 Å². The fourth-order valence-corrected chi connectivity index (χ4v) is 3.47. The Balaban J connectivity index is 2.21. The number of aryl methyl sites for hydroxylation is 1. The van der Waals surface area contributed by atoms with Crippen LogP contribution in [0.25, 0.3) is 0 Å². The molecule has 0 aliphatic carbocycles. The van der Waals surface area contributed by atoms with Crippen LogP contribution in [0.5, 0.6) is 0 Å². The van der Waals surface area contributed by atoms with E-state index in [-0.39, 0.29) is 11.6 Å². The standard InChI is InChI=1S/C19H22ClN3O4S/c1-13-5-8-15(11-17(13)20)21-18(24)12-23(28(4,26)27)16-9-6-14(7-10-16)19(25)22(2)3/h5-11H,12H2,1-4H3,(H,21,24). The van der Waals surface area contributed by atoms with Crippen LogP contribution in [0.3, 0.4) is 0 Å². The normalized spacial score (nSPS) is 11.0. The summed E-state index contributed by atoms with van der Waals surface area (Å²) in [5.41, 5.74) is 2.04. The van der Waals surface area contributed by atoms with Gasteiger partial charge in [0.05, 0.1) is 11.9 Å². The first-order valence-corrected chi connectivity index (χ1v) is 10.6. The molecule has 0 saturated carbocycles. The zero-order chi connectivity index (χ0) is 21.1. The maximum Gasteiger partial charge on any atom is 0.253 e. The Morgan fingerprint density at radius 1 is 1.07 bits per heavy atom. The smallest absolute Gasteiger partial charge is 0.253 e. The second-order valence-corrected chi connectivity index (χ2v) is 8.84. The summed E-state index contributed by atoms with van der Waals surface area (Å²) in [4.78, 5) is 25.8. The highest BCUT2D eigenvalue weighted by Crippen LogP contribution is 2.21. The van der Waals surface area contributed by atoms with E-state index in [0.717, 1.165) is 16.1 Å². The Morgan fingerprint density at radius 3 is 2.18 bits per heavy atom. The minimum Gasteiger partial charge on any atom is -0.345 e. The molecule has 2 amide bonds. The molecular formula is C19H22ClN3O4S. The van der Waals surface area contributed by atoms with Crippen LogP contribution < -0.4 is 9.62 Å². The largest absolute Gasteiger partial charge is 0.345 e. The van der Waals surface area contributed by atoms with Crippen molar-refractivity contribution in [1.82, 2.24) is 4.90 Å². The lowest BCUT2D eigenvalue weighted by Gasteiger charge is -2.22. The summed E-state index contributed by atoms with van der Waals surface area (Å²) in [5.74, 6) is -0.717. The maximum atomic E-state index is 12.4. The SMILES string of the molecule is Cc1ccc(NC(=O)CN(c2ccc(C(=O)N(C)C)cc2)S(C)(=O)=O)cc1Cl. The van der Waals surface area contributed by atoms with E-state index in [1.807, 2.05) is 6.92 Å². The van der Waals surface area contributed by atoms with Crippen LogP contribution in [-0.2, 0) is 14.8 Å². The van der Waals surface area contributed by atoms with Crippen LogP contribution in [0, 0.1) is 6.92 Å². The summed E-state index contributed by atoms with van der Waals surface area (Å²) in [5, 5.41) is 3.14. The van der Waals surface area contributed by atoms with Crippen molar-refractivity contribution in [2.75, 3.05) is 36.5 Å². The van der Waals surface area contributed by atoms with Crippen molar-refractivity contribution in [3.63, 3.8) is 0 Å². The number of nitrogens with zero attached hydrogens (tertiary/aromatic N) is 2. The first-order valence-electron chi connectivity index (χ1n) is 8.34. The number of sulfonamides is 1. The molecule has 0 saturated heterocycles. The summed E-state index contributed by atoms with van der Waals surface area (Å²) in [6.45, 7) is 1.43. The van der Waals surface area contributed by atoms with Crippen LogP contribution in [0.2, 0.25) is 5.02 Å². The van der Waals surface area contributed by atoms with Gasteiger partial charge in [0.2, 0.25) is 15.9 Å². The highest BCUT2D eigenvalue weighted by atomic mass is 35.5. The first-order chi connectivity index (χ1) is 13.0. The third kappa shape index (κ3) is 5.46. The molecule has 7 nitrogen and oxygen atoms in total. The van der Waals surface area contributed by atoms with Crippen molar-refractivity contribution in [2.45, 2.75) is 6.92 Å². The van der Waals surface area contributed by atoms with Crippen molar-refractivity contribution in [2.24, 2.45) is 0 Å². The maximum absolute atomic E-state index is 12.4. The zero-order valence-corrected chi connectivity index (χ0v) is 17.6. The number of rotatable bonds is 6. The Hall–Kier alpha value is -2.58. The summed E-state index contributed by atoms with van der Waals surface area (Å²) < 4.78 is 25.4. The molecule has 0 fully saturated rings. The fourth-order valence-electron chi connectivity index (χ4n) is 2.43. The van der Waals surface area contributed by atoms with Crippen molar-refractivity contribution in [3.05, 3.63) is 58.6 Å². The van der Waals surface area contributed by atoms with Gasteiger partial charge in [-0.15, -0.1) is 0 Å². The zero-order valence-electron chi connectivity index (χ0n) is 16.1. The van der Waals surface area contributed by atoms with E-state index in [0.29, 0.717) is 16.3 Å². The predicted octanol–water partition coefficient (Wildman–Crippen LogP) is 2.75. The van der Waals surface area contributed by atoms with E-state index in [1.54, 1.807) is 32.3 Å². The van der Waals surface area contributed by atoms with E-state index < -0.39 is 22.5 Å². The van der Waals surface area contributed by atoms with Crippen molar-refractivity contribution in [1.29, 1.82) is 0 Å².